The van der Waals surface area contributed by atoms with Crippen LogP contribution in [0.5, 0.6) is 5.75 Å². The number of amides is 3. The van der Waals surface area contributed by atoms with Crippen molar-refractivity contribution in [3.63, 3.8) is 0 Å². The molecule has 1 aliphatic rings. The molecule has 3 amide bonds. The van der Waals surface area contributed by atoms with E-state index in [9.17, 15) is 24.5 Å². The third-order valence-electron chi connectivity index (χ3n) is 4.99. The van der Waals surface area contributed by atoms with E-state index in [0.717, 1.165) is 10.8 Å². The molecule has 0 atom stereocenters. The summed E-state index contributed by atoms with van der Waals surface area (Å²) in [6, 6.07) is 16.1. The normalized spacial score (nSPS) is 14.5. The fourth-order valence-corrected chi connectivity index (χ4v) is 3.47. The Kier molecular flexibility index (Phi) is 5.73. The molecule has 0 aliphatic carbocycles. The molecule has 3 aromatic rings. The minimum absolute atomic E-state index is 0.0294. The minimum Gasteiger partial charge on any atom is -0.488 e. The van der Waals surface area contributed by atoms with E-state index in [1.807, 2.05) is 24.3 Å². The predicted octanol–water partition coefficient (Wildman–Crippen LogP) is 3.30. The summed E-state index contributed by atoms with van der Waals surface area (Å²) in [5, 5.41) is 24.0. The number of fused-ring (bicyclic) bond motifs is 1. The molecule has 2 N–H and O–H groups in total. The largest absolute Gasteiger partial charge is 0.488 e. The SMILES string of the molecule is O=C(O)CN1C(=O)N/C(=C/c2c(OCc3cccc([N+](=O)[O-])c3)ccc3ccccc23)C1=O. The number of hydrogen-bond acceptors (Lipinski definition) is 6. The maximum atomic E-state index is 12.6. The maximum absolute atomic E-state index is 12.6. The highest BCUT2D eigenvalue weighted by Gasteiger charge is 2.35. The number of nitrogens with one attached hydrogen (secondary N) is 1. The van der Waals surface area contributed by atoms with Crippen molar-refractivity contribution in [1.82, 2.24) is 10.2 Å². The number of aliphatic carboxylic acids is 1. The number of benzene rings is 3. The van der Waals surface area contributed by atoms with Crippen molar-refractivity contribution in [3.05, 3.63) is 87.6 Å². The van der Waals surface area contributed by atoms with Gasteiger partial charge in [-0.3, -0.25) is 19.7 Å². The summed E-state index contributed by atoms with van der Waals surface area (Å²) in [7, 11) is 0. The van der Waals surface area contributed by atoms with Crippen molar-refractivity contribution in [2.24, 2.45) is 0 Å². The number of non-ortho nitro benzene ring substituents is 1. The van der Waals surface area contributed by atoms with Crippen LogP contribution in [0.1, 0.15) is 11.1 Å². The minimum atomic E-state index is -1.31. The van der Waals surface area contributed by atoms with Gasteiger partial charge in [0.05, 0.1) is 4.92 Å². The summed E-state index contributed by atoms with van der Waals surface area (Å²) in [5.74, 6) is -1.70. The summed E-state index contributed by atoms with van der Waals surface area (Å²) in [6.45, 7) is -0.727. The molecule has 0 unspecified atom stereocenters. The van der Waals surface area contributed by atoms with Crippen molar-refractivity contribution in [2.45, 2.75) is 6.61 Å². The van der Waals surface area contributed by atoms with E-state index in [2.05, 4.69) is 5.32 Å². The number of hydrogen-bond donors (Lipinski definition) is 2. The number of nitrogens with zero attached hydrogens (tertiary/aromatic N) is 2. The average Bonchev–Trinajstić information content (AvgIpc) is 3.05. The Morgan fingerprint density at radius 1 is 1.12 bits per heavy atom. The molecule has 1 heterocycles. The number of carboxylic acids is 1. The number of imide groups is 1. The number of ether oxygens (including phenoxy) is 1. The van der Waals surface area contributed by atoms with Gasteiger partial charge in [0.1, 0.15) is 24.6 Å². The summed E-state index contributed by atoms with van der Waals surface area (Å²) >= 11 is 0. The van der Waals surface area contributed by atoms with Gasteiger partial charge in [0.2, 0.25) is 0 Å². The van der Waals surface area contributed by atoms with Gasteiger partial charge in [0.15, 0.2) is 0 Å². The van der Waals surface area contributed by atoms with E-state index >= 15 is 0 Å². The quantitative estimate of drug-likeness (QED) is 0.245. The van der Waals surface area contributed by atoms with E-state index in [4.69, 9.17) is 9.84 Å². The second-order valence-electron chi connectivity index (χ2n) is 7.19. The fourth-order valence-electron chi connectivity index (χ4n) is 3.47. The van der Waals surface area contributed by atoms with Crippen molar-refractivity contribution < 1.29 is 29.2 Å². The Hall–Kier alpha value is -4.73. The lowest BCUT2D eigenvalue weighted by Crippen LogP contribution is -2.35. The number of carbonyl (C=O) groups excluding carboxylic acids is 2. The van der Waals surface area contributed by atoms with Gasteiger partial charge < -0.3 is 15.2 Å². The van der Waals surface area contributed by atoms with E-state index in [-0.39, 0.29) is 18.0 Å². The molecule has 0 bridgehead atoms. The first-order chi connectivity index (χ1) is 15.8. The molecule has 0 saturated carbocycles. The van der Waals surface area contributed by atoms with Crippen LogP contribution in [0, 0.1) is 10.1 Å². The molecule has 1 fully saturated rings. The second-order valence-corrected chi connectivity index (χ2v) is 7.19. The molecule has 0 radical (unpaired) electrons. The van der Waals surface area contributed by atoms with E-state index in [0.29, 0.717) is 21.8 Å². The molecule has 166 valence electrons. The Morgan fingerprint density at radius 3 is 2.67 bits per heavy atom. The van der Waals surface area contributed by atoms with Crippen LogP contribution in [-0.4, -0.2) is 39.4 Å². The first-order valence-electron chi connectivity index (χ1n) is 9.77. The lowest BCUT2D eigenvalue weighted by molar-refractivity contribution is -0.384. The maximum Gasteiger partial charge on any atom is 0.329 e. The average molecular weight is 447 g/mol. The summed E-state index contributed by atoms with van der Waals surface area (Å²) < 4.78 is 5.93. The standard InChI is InChI=1S/C23H17N3O7/c27-21(28)12-25-22(29)19(24-23(25)30)11-18-17-7-2-1-5-15(17)8-9-20(18)33-13-14-4-3-6-16(10-14)26(31)32/h1-11H,12-13H2,(H,24,30)(H,27,28)/b19-11+. The lowest BCUT2D eigenvalue weighted by atomic mass is 10.0. The number of nitro groups is 1. The molecule has 4 rings (SSSR count). The molecular weight excluding hydrogens is 430 g/mol. The fraction of sp³-hybridized carbons (Fsp3) is 0.0870. The lowest BCUT2D eigenvalue weighted by Gasteiger charge is -2.13. The molecule has 10 heteroatoms. The first kappa shape index (κ1) is 21.5. The van der Waals surface area contributed by atoms with Crippen molar-refractivity contribution in [1.29, 1.82) is 0 Å². The molecule has 1 saturated heterocycles. The number of rotatable bonds is 7. The zero-order chi connectivity index (χ0) is 23.5. The van der Waals surface area contributed by atoms with Gasteiger partial charge in [-0.05, 0) is 28.5 Å². The van der Waals surface area contributed by atoms with Gasteiger partial charge in [-0.15, -0.1) is 0 Å². The smallest absolute Gasteiger partial charge is 0.329 e. The number of carbonyl (C=O) groups is 3. The summed E-state index contributed by atoms with van der Waals surface area (Å²) in [4.78, 5) is 46.8. The monoisotopic (exact) mass is 447 g/mol. The van der Waals surface area contributed by atoms with Crippen molar-refractivity contribution >= 4 is 40.4 Å². The molecule has 10 nitrogen and oxygen atoms in total. The molecule has 3 aromatic carbocycles. The van der Waals surface area contributed by atoms with Gasteiger partial charge in [-0.2, -0.15) is 0 Å². The Bertz CT molecular complexity index is 1330. The molecule has 0 spiro atoms. The van der Waals surface area contributed by atoms with Crippen LogP contribution in [0.2, 0.25) is 0 Å². The Labute approximate surface area is 186 Å². The van der Waals surface area contributed by atoms with Gasteiger partial charge in [-0.1, -0.05) is 42.5 Å². The van der Waals surface area contributed by atoms with Gasteiger partial charge in [-0.25, -0.2) is 9.69 Å². The van der Waals surface area contributed by atoms with Crippen LogP contribution in [0.3, 0.4) is 0 Å². The van der Waals surface area contributed by atoms with Crippen LogP contribution in [0.15, 0.2) is 66.4 Å². The van der Waals surface area contributed by atoms with Gasteiger partial charge in [0.25, 0.3) is 11.6 Å². The first-order valence-corrected chi connectivity index (χ1v) is 9.77. The van der Waals surface area contributed by atoms with Crippen LogP contribution >= 0.6 is 0 Å². The van der Waals surface area contributed by atoms with Crippen molar-refractivity contribution in [2.75, 3.05) is 6.54 Å². The Morgan fingerprint density at radius 2 is 1.91 bits per heavy atom. The molecule has 1 aliphatic heterocycles. The zero-order valence-corrected chi connectivity index (χ0v) is 17.1. The third-order valence-corrected chi connectivity index (χ3v) is 4.99. The van der Waals surface area contributed by atoms with Crippen LogP contribution < -0.4 is 10.1 Å². The number of carboxylic acid groups (broad SMARTS) is 1. The third kappa shape index (κ3) is 4.49. The zero-order valence-electron chi connectivity index (χ0n) is 17.1. The highest BCUT2D eigenvalue weighted by atomic mass is 16.6. The summed E-state index contributed by atoms with van der Waals surface area (Å²) in [6.07, 6.45) is 1.44. The van der Waals surface area contributed by atoms with E-state index in [1.54, 1.807) is 24.3 Å². The number of urea groups is 1. The van der Waals surface area contributed by atoms with Gasteiger partial charge in [0, 0.05) is 17.7 Å². The molecular formula is C23H17N3O7. The molecule has 0 aromatic heterocycles. The Balaban J connectivity index is 1.71. The topological polar surface area (TPSA) is 139 Å². The number of nitro benzene ring substituents is 1. The van der Waals surface area contributed by atoms with Crippen LogP contribution in [0.25, 0.3) is 16.8 Å². The van der Waals surface area contributed by atoms with Gasteiger partial charge >= 0.3 is 12.0 Å². The van der Waals surface area contributed by atoms with E-state index < -0.39 is 29.4 Å². The predicted molar refractivity (Wildman–Crippen MR) is 117 cm³/mol. The summed E-state index contributed by atoms with van der Waals surface area (Å²) in [5.41, 5.74) is 0.931. The van der Waals surface area contributed by atoms with Crippen LogP contribution in [0.4, 0.5) is 10.5 Å². The molecule has 33 heavy (non-hydrogen) atoms. The highest BCUT2D eigenvalue weighted by Crippen LogP contribution is 2.31. The van der Waals surface area contributed by atoms with E-state index in [1.165, 1.54) is 18.2 Å². The van der Waals surface area contributed by atoms with Crippen molar-refractivity contribution in [3.8, 4) is 5.75 Å². The highest BCUT2D eigenvalue weighted by molar-refractivity contribution is 6.16. The second kappa shape index (κ2) is 8.79. The van der Waals surface area contributed by atoms with Crippen LogP contribution in [-0.2, 0) is 16.2 Å².